The average Bonchev–Trinajstić information content (AvgIpc) is 2.48. The lowest BCUT2D eigenvalue weighted by Gasteiger charge is -2.30. The SMILES string of the molecule is CCNC(=NCC1(O)CCCCC1)NCCCOCC(C)C.I. The Morgan fingerprint density at radius 3 is 2.52 bits per heavy atom. The summed E-state index contributed by atoms with van der Waals surface area (Å²) in [6, 6.07) is 0. The quantitative estimate of drug-likeness (QED) is 0.223. The highest BCUT2D eigenvalue weighted by Gasteiger charge is 2.28. The molecule has 1 fully saturated rings. The van der Waals surface area contributed by atoms with Gasteiger partial charge in [-0.15, -0.1) is 24.0 Å². The van der Waals surface area contributed by atoms with Crippen molar-refractivity contribution in [3.8, 4) is 0 Å². The van der Waals surface area contributed by atoms with E-state index in [1.165, 1.54) is 6.42 Å². The second-order valence-electron chi connectivity index (χ2n) is 6.73. The van der Waals surface area contributed by atoms with Gasteiger partial charge >= 0.3 is 0 Å². The molecule has 0 aliphatic heterocycles. The molecule has 0 amide bonds. The van der Waals surface area contributed by atoms with E-state index in [0.717, 1.165) is 64.4 Å². The molecule has 1 saturated carbocycles. The van der Waals surface area contributed by atoms with E-state index < -0.39 is 5.60 Å². The summed E-state index contributed by atoms with van der Waals surface area (Å²) in [4.78, 5) is 4.56. The predicted molar refractivity (Wildman–Crippen MR) is 108 cm³/mol. The Balaban J connectivity index is 0.00000484. The molecule has 0 aromatic carbocycles. The Morgan fingerprint density at radius 2 is 1.91 bits per heavy atom. The van der Waals surface area contributed by atoms with Gasteiger partial charge in [-0.25, -0.2) is 0 Å². The van der Waals surface area contributed by atoms with E-state index in [4.69, 9.17) is 4.74 Å². The van der Waals surface area contributed by atoms with Crippen molar-refractivity contribution in [2.24, 2.45) is 10.9 Å². The Hall–Kier alpha value is -0.0800. The van der Waals surface area contributed by atoms with Crippen LogP contribution >= 0.6 is 24.0 Å². The Morgan fingerprint density at radius 1 is 1.22 bits per heavy atom. The molecule has 0 spiro atoms. The van der Waals surface area contributed by atoms with E-state index in [0.29, 0.717) is 12.5 Å². The molecule has 5 nitrogen and oxygen atoms in total. The molecule has 0 heterocycles. The Labute approximate surface area is 159 Å². The van der Waals surface area contributed by atoms with Crippen LogP contribution in [0.5, 0.6) is 0 Å². The summed E-state index contributed by atoms with van der Waals surface area (Å²) in [7, 11) is 0. The second kappa shape index (κ2) is 13.2. The molecule has 1 aliphatic carbocycles. The summed E-state index contributed by atoms with van der Waals surface area (Å²) in [6.07, 6.45) is 6.17. The first-order valence-corrected chi connectivity index (χ1v) is 8.88. The second-order valence-corrected chi connectivity index (χ2v) is 6.73. The van der Waals surface area contributed by atoms with Crippen LogP contribution in [0.2, 0.25) is 0 Å². The first kappa shape index (κ1) is 22.9. The van der Waals surface area contributed by atoms with Gasteiger partial charge in [-0.05, 0) is 32.1 Å². The van der Waals surface area contributed by atoms with E-state index in [1.54, 1.807) is 0 Å². The first-order valence-electron chi connectivity index (χ1n) is 8.88. The highest BCUT2D eigenvalue weighted by molar-refractivity contribution is 14.0. The first-order chi connectivity index (χ1) is 10.6. The fraction of sp³-hybridized carbons (Fsp3) is 0.941. The maximum Gasteiger partial charge on any atom is 0.191 e. The summed E-state index contributed by atoms with van der Waals surface area (Å²) in [5.74, 6) is 1.38. The number of hydrogen-bond acceptors (Lipinski definition) is 3. The van der Waals surface area contributed by atoms with E-state index in [2.05, 4.69) is 36.4 Å². The number of halogens is 1. The molecule has 0 radical (unpaired) electrons. The van der Waals surface area contributed by atoms with Gasteiger partial charge in [0, 0.05) is 26.3 Å². The molecule has 0 aromatic heterocycles. The normalized spacial score (nSPS) is 17.7. The van der Waals surface area contributed by atoms with Gasteiger partial charge in [0.1, 0.15) is 0 Å². The molecule has 0 unspecified atom stereocenters. The van der Waals surface area contributed by atoms with Crippen LogP contribution in [0, 0.1) is 5.92 Å². The van der Waals surface area contributed by atoms with Gasteiger partial charge in [0.2, 0.25) is 0 Å². The van der Waals surface area contributed by atoms with Gasteiger partial charge in [0.05, 0.1) is 12.1 Å². The lowest BCUT2D eigenvalue weighted by atomic mass is 9.85. The fourth-order valence-corrected chi connectivity index (χ4v) is 2.64. The lowest BCUT2D eigenvalue weighted by molar-refractivity contribution is 0.0131. The van der Waals surface area contributed by atoms with Gasteiger partial charge < -0.3 is 20.5 Å². The molecule has 1 rings (SSSR count). The largest absolute Gasteiger partial charge is 0.388 e. The summed E-state index contributed by atoms with van der Waals surface area (Å²) < 4.78 is 5.57. The smallest absolute Gasteiger partial charge is 0.191 e. The molecule has 3 N–H and O–H groups in total. The van der Waals surface area contributed by atoms with Crippen molar-refractivity contribution < 1.29 is 9.84 Å². The monoisotopic (exact) mass is 441 g/mol. The van der Waals surface area contributed by atoms with Crippen molar-refractivity contribution in [2.75, 3.05) is 32.8 Å². The molecular formula is C17H36IN3O2. The number of guanidine groups is 1. The Bertz CT molecular complexity index is 319. The minimum absolute atomic E-state index is 0. The number of hydrogen-bond donors (Lipinski definition) is 3. The van der Waals surface area contributed by atoms with Gasteiger partial charge in [-0.1, -0.05) is 33.1 Å². The van der Waals surface area contributed by atoms with E-state index in [-0.39, 0.29) is 24.0 Å². The topological polar surface area (TPSA) is 65.9 Å². The predicted octanol–water partition coefficient (Wildman–Crippen LogP) is 2.92. The maximum absolute atomic E-state index is 10.5. The minimum atomic E-state index is -0.596. The fourth-order valence-electron chi connectivity index (χ4n) is 2.64. The van der Waals surface area contributed by atoms with E-state index in [1.807, 2.05) is 0 Å². The van der Waals surface area contributed by atoms with Gasteiger partial charge in [-0.3, -0.25) is 4.99 Å². The molecule has 0 aromatic rings. The van der Waals surface area contributed by atoms with Crippen LogP contribution in [0.3, 0.4) is 0 Å². The molecule has 0 atom stereocenters. The number of aliphatic hydroxyl groups is 1. The van der Waals surface area contributed by atoms with Crippen LogP contribution in [0.4, 0.5) is 0 Å². The summed E-state index contributed by atoms with van der Waals surface area (Å²) >= 11 is 0. The minimum Gasteiger partial charge on any atom is -0.388 e. The zero-order chi connectivity index (χ0) is 16.3. The summed E-state index contributed by atoms with van der Waals surface area (Å²) in [5.41, 5.74) is -0.596. The number of aliphatic imine (C=N–C) groups is 1. The Kier molecular flexibility index (Phi) is 13.2. The van der Waals surface area contributed by atoms with Crippen molar-refractivity contribution in [2.45, 2.75) is 64.9 Å². The van der Waals surface area contributed by atoms with Crippen LogP contribution in [0.25, 0.3) is 0 Å². The number of ether oxygens (including phenoxy) is 1. The molecule has 0 saturated heterocycles. The average molecular weight is 441 g/mol. The van der Waals surface area contributed by atoms with E-state index in [9.17, 15) is 5.11 Å². The van der Waals surface area contributed by atoms with Crippen LogP contribution in [0.1, 0.15) is 59.3 Å². The van der Waals surface area contributed by atoms with Crippen molar-refractivity contribution in [1.82, 2.24) is 10.6 Å². The summed E-state index contributed by atoms with van der Waals surface area (Å²) in [6.45, 7) is 10.1. The third kappa shape index (κ3) is 11.2. The van der Waals surface area contributed by atoms with Crippen LogP contribution in [0.15, 0.2) is 4.99 Å². The van der Waals surface area contributed by atoms with Crippen LogP contribution in [-0.4, -0.2) is 49.5 Å². The number of rotatable bonds is 9. The molecule has 6 heteroatoms. The highest BCUT2D eigenvalue weighted by Crippen LogP contribution is 2.28. The van der Waals surface area contributed by atoms with Crippen molar-refractivity contribution >= 4 is 29.9 Å². The van der Waals surface area contributed by atoms with Crippen molar-refractivity contribution in [1.29, 1.82) is 0 Å². The molecule has 138 valence electrons. The number of nitrogens with one attached hydrogen (secondary N) is 2. The van der Waals surface area contributed by atoms with Crippen LogP contribution in [-0.2, 0) is 4.74 Å². The van der Waals surface area contributed by atoms with E-state index >= 15 is 0 Å². The molecule has 23 heavy (non-hydrogen) atoms. The number of nitrogens with zero attached hydrogens (tertiary/aromatic N) is 1. The molecule has 1 aliphatic rings. The van der Waals surface area contributed by atoms with Crippen molar-refractivity contribution in [3.05, 3.63) is 0 Å². The van der Waals surface area contributed by atoms with Gasteiger partial charge in [-0.2, -0.15) is 0 Å². The standard InChI is InChI=1S/C17H35N3O2.HI/c1-4-18-16(19-11-8-12-22-13-15(2)3)20-14-17(21)9-6-5-7-10-17;/h15,21H,4-14H2,1-3H3,(H2,18,19,20);1H. The third-order valence-electron chi connectivity index (χ3n) is 3.87. The van der Waals surface area contributed by atoms with Gasteiger partial charge in [0.15, 0.2) is 5.96 Å². The maximum atomic E-state index is 10.5. The molecule has 0 bridgehead atoms. The molecular weight excluding hydrogens is 405 g/mol. The third-order valence-corrected chi connectivity index (χ3v) is 3.87. The van der Waals surface area contributed by atoms with Crippen LogP contribution < -0.4 is 10.6 Å². The highest BCUT2D eigenvalue weighted by atomic mass is 127. The lowest BCUT2D eigenvalue weighted by Crippen LogP contribution is -2.41. The van der Waals surface area contributed by atoms with Gasteiger partial charge in [0.25, 0.3) is 0 Å². The zero-order valence-corrected chi connectivity index (χ0v) is 17.4. The summed E-state index contributed by atoms with van der Waals surface area (Å²) in [5, 5.41) is 17.0. The zero-order valence-electron chi connectivity index (χ0n) is 15.1. The van der Waals surface area contributed by atoms with Crippen molar-refractivity contribution in [3.63, 3.8) is 0 Å².